The molecule has 14 nitrogen and oxygen atoms in total. The predicted molar refractivity (Wildman–Crippen MR) is 199 cm³/mol. The van der Waals surface area contributed by atoms with Crippen molar-refractivity contribution in [3.63, 3.8) is 0 Å². The molecule has 4 aromatic carbocycles. The van der Waals surface area contributed by atoms with Crippen LogP contribution in [0.15, 0.2) is 84.9 Å². The molecule has 2 aliphatic heterocycles. The summed E-state index contributed by atoms with van der Waals surface area (Å²) in [6.07, 6.45) is 1.11. The maximum absolute atomic E-state index is 14.3. The zero-order valence-electron chi connectivity index (χ0n) is 30.9. The SMILES string of the molecule is CCCN(Cc1ccc(Oc2ccc3c(c2)OCO3)cc1)C(=O)C1C(C(=O)O)C(C(=O)O)C1C(=O)N(CCC)Cc1ccc(Oc2ccc3c(c2)OCO3)cc1. The van der Waals surface area contributed by atoms with Crippen molar-refractivity contribution in [1.82, 2.24) is 9.80 Å². The molecule has 2 amide bonds. The third-order valence-electron chi connectivity index (χ3n) is 10.1. The molecule has 2 N–H and O–H groups in total. The first-order valence-electron chi connectivity index (χ1n) is 18.5. The van der Waals surface area contributed by atoms with Gasteiger partial charge in [-0.25, -0.2) is 0 Å². The smallest absolute Gasteiger partial charge is 0.308 e. The van der Waals surface area contributed by atoms with Gasteiger partial charge in [-0.1, -0.05) is 38.1 Å². The molecule has 1 aliphatic carbocycles. The Morgan fingerprint density at radius 3 is 1.25 bits per heavy atom. The molecule has 14 heteroatoms. The number of amides is 2. The van der Waals surface area contributed by atoms with Crippen LogP contribution < -0.4 is 28.4 Å². The van der Waals surface area contributed by atoms with Crippen molar-refractivity contribution in [3.05, 3.63) is 96.1 Å². The van der Waals surface area contributed by atoms with Crippen molar-refractivity contribution in [2.75, 3.05) is 26.7 Å². The number of nitrogens with zero attached hydrogens (tertiary/aromatic N) is 2. The van der Waals surface area contributed by atoms with Crippen molar-refractivity contribution in [1.29, 1.82) is 0 Å². The molecule has 4 unspecified atom stereocenters. The van der Waals surface area contributed by atoms with Crippen LogP contribution in [0, 0.1) is 23.7 Å². The van der Waals surface area contributed by atoms with Crippen molar-refractivity contribution in [2.24, 2.45) is 23.7 Å². The summed E-state index contributed by atoms with van der Waals surface area (Å²) in [5.74, 6) is -5.22. The fourth-order valence-electron chi connectivity index (χ4n) is 7.39. The first-order chi connectivity index (χ1) is 27.1. The average Bonchev–Trinajstić information content (AvgIpc) is 3.84. The molecule has 2 heterocycles. The molecule has 0 radical (unpaired) electrons. The third kappa shape index (κ3) is 7.99. The maximum atomic E-state index is 14.3. The highest BCUT2D eigenvalue weighted by Gasteiger charge is 2.64. The van der Waals surface area contributed by atoms with Crippen LogP contribution in [0.3, 0.4) is 0 Å². The van der Waals surface area contributed by atoms with Crippen molar-refractivity contribution < 1.29 is 57.8 Å². The van der Waals surface area contributed by atoms with Crippen LogP contribution in [0.1, 0.15) is 37.8 Å². The fraction of sp³-hybridized carbons (Fsp3) is 0.333. The van der Waals surface area contributed by atoms with Crippen LogP contribution in [0.2, 0.25) is 0 Å². The van der Waals surface area contributed by atoms with Gasteiger partial charge in [0.25, 0.3) is 0 Å². The van der Waals surface area contributed by atoms with E-state index in [1.807, 2.05) is 13.8 Å². The van der Waals surface area contributed by atoms with Gasteiger partial charge in [0.1, 0.15) is 23.0 Å². The van der Waals surface area contributed by atoms with Gasteiger partial charge in [-0.05, 0) is 72.5 Å². The molecule has 3 aliphatic rings. The Hall–Kier alpha value is -6.44. The van der Waals surface area contributed by atoms with Crippen LogP contribution in [-0.2, 0) is 32.3 Å². The summed E-state index contributed by atoms with van der Waals surface area (Å²) in [4.78, 5) is 56.8. The number of carboxylic acids is 2. The second-order valence-electron chi connectivity index (χ2n) is 13.8. The van der Waals surface area contributed by atoms with Crippen molar-refractivity contribution >= 4 is 23.8 Å². The second-order valence-corrected chi connectivity index (χ2v) is 13.8. The van der Waals surface area contributed by atoms with E-state index in [1.165, 1.54) is 9.80 Å². The number of aliphatic carboxylic acids is 2. The van der Waals surface area contributed by atoms with Gasteiger partial charge in [0.2, 0.25) is 25.4 Å². The molecular formula is C42H42N2O12. The molecule has 0 spiro atoms. The minimum Gasteiger partial charge on any atom is -0.481 e. The summed E-state index contributed by atoms with van der Waals surface area (Å²) in [6.45, 7) is 4.85. The Labute approximate surface area is 323 Å². The van der Waals surface area contributed by atoms with Crippen LogP contribution in [0.4, 0.5) is 0 Å². The monoisotopic (exact) mass is 766 g/mol. The Bertz CT molecular complexity index is 1940. The van der Waals surface area contributed by atoms with Gasteiger partial charge in [0.15, 0.2) is 23.0 Å². The topological polar surface area (TPSA) is 171 Å². The lowest BCUT2D eigenvalue weighted by molar-refractivity contribution is -0.187. The van der Waals surface area contributed by atoms with E-state index in [2.05, 4.69) is 0 Å². The van der Waals surface area contributed by atoms with Gasteiger partial charge >= 0.3 is 11.9 Å². The van der Waals surface area contributed by atoms with Crippen molar-refractivity contribution in [3.8, 4) is 46.0 Å². The second kappa shape index (κ2) is 16.5. The number of carbonyl (C=O) groups excluding carboxylic acids is 2. The molecule has 56 heavy (non-hydrogen) atoms. The zero-order valence-corrected chi connectivity index (χ0v) is 30.9. The van der Waals surface area contributed by atoms with Gasteiger partial charge in [0, 0.05) is 38.3 Å². The lowest BCUT2D eigenvalue weighted by Crippen LogP contribution is -2.64. The Balaban J connectivity index is 1.06. The molecule has 292 valence electrons. The largest absolute Gasteiger partial charge is 0.481 e. The summed E-state index contributed by atoms with van der Waals surface area (Å²) in [5, 5.41) is 20.4. The summed E-state index contributed by atoms with van der Waals surface area (Å²) in [6, 6.07) is 24.7. The molecule has 0 saturated heterocycles. The van der Waals surface area contributed by atoms with E-state index >= 15 is 0 Å². The lowest BCUT2D eigenvalue weighted by atomic mass is 9.55. The summed E-state index contributed by atoms with van der Waals surface area (Å²) in [5.41, 5.74) is 1.49. The van der Waals surface area contributed by atoms with E-state index in [9.17, 15) is 29.4 Å². The van der Waals surface area contributed by atoms with Gasteiger partial charge in [-0.2, -0.15) is 0 Å². The standard InChI is InChI=1S/C42H42N2O12/c1-3-17-43(21-25-5-9-27(10-6-25)55-29-13-15-31-33(19-29)53-23-51-31)39(45)35-36(38(42(49)50)37(35)41(47)48)40(46)44(18-4-2)22-26-7-11-28(12-8-26)56-30-14-16-32-34(20-30)54-24-52-32/h5-16,19-20,35-38H,3-4,17-18,21-24H2,1-2H3,(H,47,48)(H,49,50). The third-order valence-corrected chi connectivity index (χ3v) is 10.1. The molecule has 4 atom stereocenters. The number of hydrogen-bond acceptors (Lipinski definition) is 10. The fourth-order valence-corrected chi connectivity index (χ4v) is 7.39. The molecule has 1 saturated carbocycles. The Kier molecular flexibility index (Phi) is 11.2. The van der Waals surface area contributed by atoms with Crippen LogP contribution in [0.25, 0.3) is 0 Å². The van der Waals surface area contributed by atoms with Gasteiger partial charge < -0.3 is 48.4 Å². The van der Waals surface area contributed by atoms with E-state index < -0.39 is 47.4 Å². The maximum Gasteiger partial charge on any atom is 0.308 e. The van der Waals surface area contributed by atoms with E-state index in [0.717, 1.165) is 11.1 Å². The minimum absolute atomic E-state index is 0.123. The normalized spacial score (nSPS) is 18.8. The number of carboxylic acid groups (broad SMARTS) is 2. The molecule has 0 aromatic heterocycles. The number of benzene rings is 4. The van der Waals surface area contributed by atoms with Crippen molar-refractivity contribution in [2.45, 2.75) is 39.8 Å². The lowest BCUT2D eigenvalue weighted by Gasteiger charge is -2.48. The van der Waals surface area contributed by atoms with E-state index in [1.54, 1.807) is 84.9 Å². The summed E-state index contributed by atoms with van der Waals surface area (Å²) >= 11 is 0. The van der Waals surface area contributed by atoms with E-state index in [0.29, 0.717) is 58.8 Å². The first kappa shape index (κ1) is 37.9. The zero-order chi connectivity index (χ0) is 39.3. The molecule has 1 fully saturated rings. The molecule has 4 aromatic rings. The number of ether oxygens (including phenoxy) is 6. The summed E-state index contributed by atoms with van der Waals surface area (Å²) < 4.78 is 33.5. The van der Waals surface area contributed by atoms with E-state index in [4.69, 9.17) is 28.4 Å². The minimum atomic E-state index is -1.57. The van der Waals surface area contributed by atoms with Gasteiger partial charge in [-0.15, -0.1) is 0 Å². The highest BCUT2D eigenvalue weighted by Crippen LogP contribution is 2.49. The Morgan fingerprint density at radius 1 is 0.536 bits per heavy atom. The molecule has 7 rings (SSSR count). The number of fused-ring (bicyclic) bond motifs is 2. The van der Waals surface area contributed by atoms with Crippen LogP contribution in [0.5, 0.6) is 46.0 Å². The summed E-state index contributed by atoms with van der Waals surface area (Å²) in [7, 11) is 0. The number of hydrogen-bond donors (Lipinski definition) is 2. The van der Waals surface area contributed by atoms with Gasteiger partial charge in [0.05, 0.1) is 23.7 Å². The predicted octanol–water partition coefficient (Wildman–Crippen LogP) is 6.55. The van der Waals surface area contributed by atoms with Crippen LogP contribution >= 0.6 is 0 Å². The highest BCUT2D eigenvalue weighted by molar-refractivity contribution is 5.99. The number of rotatable bonds is 16. The van der Waals surface area contributed by atoms with Crippen LogP contribution in [-0.4, -0.2) is 70.4 Å². The Morgan fingerprint density at radius 2 is 0.893 bits per heavy atom. The average molecular weight is 767 g/mol. The molecular weight excluding hydrogens is 724 g/mol. The van der Waals surface area contributed by atoms with Gasteiger partial charge in [-0.3, -0.25) is 19.2 Å². The quantitative estimate of drug-likeness (QED) is 0.126. The number of carbonyl (C=O) groups is 4. The van der Waals surface area contributed by atoms with E-state index in [-0.39, 0.29) is 39.8 Å². The molecule has 0 bridgehead atoms. The first-order valence-corrected chi connectivity index (χ1v) is 18.5. The highest BCUT2D eigenvalue weighted by atomic mass is 16.7.